The van der Waals surface area contributed by atoms with Gasteiger partial charge in [0.2, 0.25) is 0 Å². The lowest BCUT2D eigenvalue weighted by atomic mass is 10.3. The van der Waals surface area contributed by atoms with Gasteiger partial charge in [-0.3, -0.25) is 4.68 Å². The molecule has 0 atom stereocenters. The molecule has 0 radical (unpaired) electrons. The molecule has 0 saturated carbocycles. The highest BCUT2D eigenvalue weighted by molar-refractivity contribution is 5.22. The number of nitrogens with zero attached hydrogens (tertiary/aromatic N) is 2. The van der Waals surface area contributed by atoms with Crippen molar-refractivity contribution in [1.29, 1.82) is 0 Å². The van der Waals surface area contributed by atoms with E-state index in [0.717, 1.165) is 31.5 Å². The summed E-state index contributed by atoms with van der Waals surface area (Å²) in [6.45, 7) is 5.09. The van der Waals surface area contributed by atoms with Gasteiger partial charge < -0.3 is 5.11 Å². The summed E-state index contributed by atoms with van der Waals surface area (Å²) < 4.78 is 1.89. The highest BCUT2D eigenvalue weighted by Crippen LogP contribution is 2.16. The Labute approximate surface area is 73.0 Å². The van der Waals surface area contributed by atoms with E-state index in [1.807, 2.05) is 11.6 Å². The second-order valence-electron chi connectivity index (χ2n) is 2.91. The van der Waals surface area contributed by atoms with E-state index in [4.69, 9.17) is 0 Å². The third kappa shape index (κ3) is 1.78. The zero-order valence-corrected chi connectivity index (χ0v) is 7.75. The highest BCUT2D eigenvalue weighted by Gasteiger charge is 2.05. The molecule has 68 valence electrons. The summed E-state index contributed by atoms with van der Waals surface area (Å²) in [5, 5.41) is 13.4. The summed E-state index contributed by atoms with van der Waals surface area (Å²) in [5.41, 5.74) is 0.948. The molecule has 1 N–H and O–H groups in total. The van der Waals surface area contributed by atoms with Crippen LogP contribution in [0.3, 0.4) is 0 Å². The van der Waals surface area contributed by atoms with Crippen LogP contribution in [0.1, 0.15) is 32.4 Å². The Balaban J connectivity index is 2.70. The summed E-state index contributed by atoms with van der Waals surface area (Å²) in [4.78, 5) is 0. The molecule has 0 spiro atoms. The average molecular weight is 168 g/mol. The molecule has 3 heteroatoms. The van der Waals surface area contributed by atoms with E-state index >= 15 is 0 Å². The number of hydrogen-bond acceptors (Lipinski definition) is 2. The van der Waals surface area contributed by atoms with Crippen LogP contribution in [0.5, 0.6) is 5.75 Å². The maximum atomic E-state index is 9.35. The molecular weight excluding hydrogens is 152 g/mol. The number of unbranched alkanes of at least 4 members (excludes halogenated alkanes) is 1. The number of aryl methyl sites for hydroxylation is 1. The Kier molecular flexibility index (Phi) is 3.14. The molecule has 0 aliphatic carbocycles. The third-order valence-electron chi connectivity index (χ3n) is 1.99. The van der Waals surface area contributed by atoms with Gasteiger partial charge >= 0.3 is 0 Å². The van der Waals surface area contributed by atoms with Crippen molar-refractivity contribution in [3.8, 4) is 5.75 Å². The highest BCUT2D eigenvalue weighted by atomic mass is 16.3. The van der Waals surface area contributed by atoms with E-state index in [9.17, 15) is 5.11 Å². The lowest BCUT2D eigenvalue weighted by molar-refractivity contribution is 0.462. The van der Waals surface area contributed by atoms with Crippen molar-refractivity contribution in [2.24, 2.45) is 0 Å². The van der Waals surface area contributed by atoms with Crippen LogP contribution in [0, 0.1) is 0 Å². The molecule has 1 rings (SSSR count). The molecule has 0 unspecified atom stereocenters. The second-order valence-corrected chi connectivity index (χ2v) is 2.91. The Hall–Kier alpha value is -0.990. The number of hydrogen-bond donors (Lipinski definition) is 1. The predicted molar refractivity (Wildman–Crippen MR) is 48.2 cm³/mol. The molecule has 0 fully saturated rings. The van der Waals surface area contributed by atoms with Crippen LogP contribution >= 0.6 is 0 Å². The van der Waals surface area contributed by atoms with Gasteiger partial charge in [0, 0.05) is 6.54 Å². The fraction of sp³-hybridized carbons (Fsp3) is 0.667. The van der Waals surface area contributed by atoms with Crippen molar-refractivity contribution in [2.75, 3.05) is 0 Å². The first kappa shape index (κ1) is 9.10. The minimum Gasteiger partial charge on any atom is -0.504 e. The van der Waals surface area contributed by atoms with E-state index in [1.54, 1.807) is 0 Å². The predicted octanol–water partition coefficient (Wildman–Crippen LogP) is 1.95. The van der Waals surface area contributed by atoms with E-state index < -0.39 is 0 Å². The molecule has 0 aliphatic heterocycles. The first-order valence-electron chi connectivity index (χ1n) is 4.53. The second kappa shape index (κ2) is 4.14. The standard InChI is InChI=1S/C9H16N2O/c1-3-5-6-11-8(4-2)9(12)7-10-11/h7,12H,3-6H2,1-2H3. The van der Waals surface area contributed by atoms with Gasteiger partial charge in [-0.15, -0.1) is 0 Å². The molecule has 12 heavy (non-hydrogen) atoms. The van der Waals surface area contributed by atoms with Crippen molar-refractivity contribution < 1.29 is 5.11 Å². The van der Waals surface area contributed by atoms with E-state index in [1.165, 1.54) is 6.20 Å². The summed E-state index contributed by atoms with van der Waals surface area (Å²) in [6, 6.07) is 0. The molecule has 1 aromatic heterocycles. The van der Waals surface area contributed by atoms with Crippen LogP contribution in [-0.2, 0) is 13.0 Å². The van der Waals surface area contributed by atoms with E-state index in [2.05, 4.69) is 12.0 Å². The average Bonchev–Trinajstić information content (AvgIpc) is 2.43. The molecule has 1 heterocycles. The zero-order chi connectivity index (χ0) is 8.97. The summed E-state index contributed by atoms with van der Waals surface area (Å²) in [5.74, 6) is 0.327. The Bertz CT molecular complexity index is 243. The van der Waals surface area contributed by atoms with Crippen molar-refractivity contribution in [3.63, 3.8) is 0 Å². The van der Waals surface area contributed by atoms with Gasteiger partial charge in [-0.1, -0.05) is 20.3 Å². The van der Waals surface area contributed by atoms with Gasteiger partial charge in [0.05, 0.1) is 11.9 Å². The van der Waals surface area contributed by atoms with Crippen LogP contribution in [0.15, 0.2) is 6.20 Å². The van der Waals surface area contributed by atoms with Gasteiger partial charge in [-0.2, -0.15) is 5.10 Å². The van der Waals surface area contributed by atoms with Crippen LogP contribution in [0.25, 0.3) is 0 Å². The number of rotatable bonds is 4. The molecule has 0 bridgehead atoms. The Morgan fingerprint density at radius 1 is 1.50 bits per heavy atom. The topological polar surface area (TPSA) is 38.0 Å². The maximum Gasteiger partial charge on any atom is 0.156 e. The fourth-order valence-corrected chi connectivity index (χ4v) is 1.27. The largest absolute Gasteiger partial charge is 0.504 e. The SMILES string of the molecule is CCCCn1ncc(O)c1CC. The molecule has 0 aromatic carbocycles. The van der Waals surface area contributed by atoms with Crippen LogP contribution in [0.2, 0.25) is 0 Å². The molecule has 3 nitrogen and oxygen atoms in total. The van der Waals surface area contributed by atoms with Gasteiger partial charge in [0.15, 0.2) is 5.75 Å². The lowest BCUT2D eigenvalue weighted by Gasteiger charge is -2.03. The smallest absolute Gasteiger partial charge is 0.156 e. The number of aromatic nitrogens is 2. The molecular formula is C9H16N2O. The Morgan fingerprint density at radius 3 is 2.83 bits per heavy atom. The maximum absolute atomic E-state index is 9.35. The van der Waals surface area contributed by atoms with Crippen LogP contribution < -0.4 is 0 Å². The minimum absolute atomic E-state index is 0.327. The normalized spacial score (nSPS) is 10.5. The lowest BCUT2D eigenvalue weighted by Crippen LogP contribution is -2.03. The fourth-order valence-electron chi connectivity index (χ4n) is 1.27. The van der Waals surface area contributed by atoms with Crippen molar-refractivity contribution in [3.05, 3.63) is 11.9 Å². The van der Waals surface area contributed by atoms with Crippen LogP contribution in [0.4, 0.5) is 0 Å². The van der Waals surface area contributed by atoms with E-state index in [0.29, 0.717) is 5.75 Å². The molecule has 0 amide bonds. The van der Waals surface area contributed by atoms with Crippen molar-refractivity contribution in [1.82, 2.24) is 9.78 Å². The van der Waals surface area contributed by atoms with Gasteiger partial charge in [0.25, 0.3) is 0 Å². The summed E-state index contributed by atoms with van der Waals surface area (Å²) in [6.07, 6.45) is 4.64. The van der Waals surface area contributed by atoms with Crippen molar-refractivity contribution >= 4 is 0 Å². The quantitative estimate of drug-likeness (QED) is 0.746. The monoisotopic (exact) mass is 168 g/mol. The first-order chi connectivity index (χ1) is 5.79. The summed E-state index contributed by atoms with van der Waals surface area (Å²) in [7, 11) is 0. The molecule has 1 aromatic rings. The first-order valence-corrected chi connectivity index (χ1v) is 4.53. The minimum atomic E-state index is 0.327. The zero-order valence-electron chi connectivity index (χ0n) is 7.75. The van der Waals surface area contributed by atoms with E-state index in [-0.39, 0.29) is 0 Å². The Morgan fingerprint density at radius 2 is 2.25 bits per heavy atom. The van der Waals surface area contributed by atoms with Crippen molar-refractivity contribution in [2.45, 2.75) is 39.7 Å². The van der Waals surface area contributed by atoms with Gasteiger partial charge in [-0.05, 0) is 12.8 Å². The molecule has 0 saturated heterocycles. The van der Waals surface area contributed by atoms with Crippen LogP contribution in [-0.4, -0.2) is 14.9 Å². The number of aromatic hydroxyl groups is 1. The van der Waals surface area contributed by atoms with Gasteiger partial charge in [0.1, 0.15) is 0 Å². The third-order valence-corrected chi connectivity index (χ3v) is 1.99. The summed E-state index contributed by atoms with van der Waals surface area (Å²) >= 11 is 0. The molecule has 0 aliphatic rings. The van der Waals surface area contributed by atoms with Gasteiger partial charge in [-0.25, -0.2) is 0 Å².